The third-order valence-corrected chi connectivity index (χ3v) is 1.60. The van der Waals surface area contributed by atoms with Gasteiger partial charge in [-0.05, 0) is 6.42 Å². The second kappa shape index (κ2) is 6.28. The van der Waals surface area contributed by atoms with Gasteiger partial charge >= 0.3 is 0 Å². The van der Waals surface area contributed by atoms with E-state index in [1.807, 2.05) is 6.92 Å². The highest BCUT2D eigenvalue weighted by molar-refractivity contribution is 7.81. The number of carbonyl (C=O) groups is 1. The van der Waals surface area contributed by atoms with Gasteiger partial charge in [0.2, 0.25) is 5.91 Å². The van der Waals surface area contributed by atoms with Gasteiger partial charge in [0.15, 0.2) is 0 Å². The van der Waals surface area contributed by atoms with Gasteiger partial charge in [-0.1, -0.05) is 13.0 Å². The molecule has 0 aromatic carbocycles. The van der Waals surface area contributed by atoms with Gasteiger partial charge < -0.3 is 4.90 Å². The summed E-state index contributed by atoms with van der Waals surface area (Å²) in [6.45, 7) is 7.05. The fourth-order valence-corrected chi connectivity index (χ4v) is 1.04. The van der Waals surface area contributed by atoms with Crippen LogP contribution in [-0.4, -0.2) is 29.6 Å². The van der Waals surface area contributed by atoms with Crippen LogP contribution < -0.4 is 0 Å². The SMILES string of the molecule is C=CCN(CCC)C(=O)CS. The first kappa shape index (κ1) is 10.6. The predicted molar refractivity (Wildman–Crippen MR) is 50.9 cm³/mol. The second-order valence-electron chi connectivity index (χ2n) is 2.29. The third kappa shape index (κ3) is 4.09. The molecule has 0 aromatic rings. The molecule has 0 unspecified atom stereocenters. The largest absolute Gasteiger partial charge is 0.338 e. The van der Waals surface area contributed by atoms with Crippen molar-refractivity contribution >= 4 is 18.5 Å². The molecule has 0 atom stereocenters. The Bertz CT molecular complexity index is 136. The molecule has 3 heteroatoms. The van der Waals surface area contributed by atoms with Crippen LogP contribution in [0.3, 0.4) is 0 Å². The highest BCUT2D eigenvalue weighted by atomic mass is 32.1. The maximum Gasteiger partial charge on any atom is 0.232 e. The zero-order valence-electron chi connectivity index (χ0n) is 6.92. The second-order valence-corrected chi connectivity index (χ2v) is 2.60. The minimum absolute atomic E-state index is 0.0788. The summed E-state index contributed by atoms with van der Waals surface area (Å²) < 4.78 is 0. The van der Waals surface area contributed by atoms with Crippen LogP contribution in [-0.2, 0) is 4.79 Å². The molecule has 0 aliphatic rings. The van der Waals surface area contributed by atoms with Crippen molar-refractivity contribution in [1.29, 1.82) is 0 Å². The van der Waals surface area contributed by atoms with E-state index < -0.39 is 0 Å². The van der Waals surface area contributed by atoms with Gasteiger partial charge in [-0.2, -0.15) is 12.6 Å². The van der Waals surface area contributed by atoms with E-state index in [2.05, 4.69) is 19.2 Å². The predicted octanol–water partition coefficient (Wildman–Crippen LogP) is 1.34. The molecule has 0 spiro atoms. The quantitative estimate of drug-likeness (QED) is 0.491. The van der Waals surface area contributed by atoms with Crippen molar-refractivity contribution in [1.82, 2.24) is 4.90 Å². The first-order valence-corrected chi connectivity index (χ1v) is 4.39. The molecule has 0 N–H and O–H groups in total. The summed E-state index contributed by atoms with van der Waals surface area (Å²) in [5, 5.41) is 0. The number of hydrogen-bond donors (Lipinski definition) is 1. The smallest absolute Gasteiger partial charge is 0.232 e. The number of thiol groups is 1. The molecule has 0 aliphatic heterocycles. The fraction of sp³-hybridized carbons (Fsp3) is 0.625. The highest BCUT2D eigenvalue weighted by Crippen LogP contribution is 1.94. The summed E-state index contributed by atoms with van der Waals surface area (Å²) in [6.07, 6.45) is 2.71. The van der Waals surface area contributed by atoms with Crippen LogP contribution in [0.2, 0.25) is 0 Å². The molecule has 0 bridgehead atoms. The number of nitrogens with zero attached hydrogens (tertiary/aromatic N) is 1. The number of amides is 1. The summed E-state index contributed by atoms with van der Waals surface area (Å²) in [5.41, 5.74) is 0. The van der Waals surface area contributed by atoms with Gasteiger partial charge in [0.05, 0.1) is 5.75 Å². The Kier molecular flexibility index (Phi) is 6.03. The molecule has 0 saturated carbocycles. The molecular weight excluding hydrogens is 158 g/mol. The topological polar surface area (TPSA) is 20.3 Å². The van der Waals surface area contributed by atoms with E-state index >= 15 is 0 Å². The lowest BCUT2D eigenvalue weighted by atomic mass is 10.4. The van der Waals surface area contributed by atoms with Crippen molar-refractivity contribution in [3.8, 4) is 0 Å². The first-order chi connectivity index (χ1) is 5.26. The van der Waals surface area contributed by atoms with E-state index in [1.165, 1.54) is 0 Å². The van der Waals surface area contributed by atoms with E-state index in [4.69, 9.17) is 0 Å². The van der Waals surface area contributed by atoms with Gasteiger partial charge in [0.1, 0.15) is 0 Å². The maximum absolute atomic E-state index is 11.1. The molecule has 0 rings (SSSR count). The lowest BCUT2D eigenvalue weighted by Crippen LogP contribution is -2.32. The summed E-state index contributed by atoms with van der Waals surface area (Å²) >= 11 is 3.91. The molecule has 0 aromatic heterocycles. The Morgan fingerprint density at radius 3 is 2.73 bits per heavy atom. The molecule has 0 fully saturated rings. The Balaban J connectivity index is 3.86. The molecule has 0 heterocycles. The Labute approximate surface area is 73.7 Å². The lowest BCUT2D eigenvalue weighted by Gasteiger charge is -2.18. The van der Waals surface area contributed by atoms with Crippen molar-refractivity contribution in [3.05, 3.63) is 12.7 Å². The standard InChI is InChI=1S/C8H15NOS/c1-3-5-9(6-4-2)8(10)7-11/h3,11H,1,4-7H2,2H3. The van der Waals surface area contributed by atoms with Crippen molar-refractivity contribution in [2.24, 2.45) is 0 Å². The van der Waals surface area contributed by atoms with Gasteiger partial charge in [0, 0.05) is 13.1 Å². The average Bonchev–Trinajstić information content (AvgIpc) is 2.03. The zero-order valence-corrected chi connectivity index (χ0v) is 7.81. The minimum Gasteiger partial charge on any atom is -0.338 e. The van der Waals surface area contributed by atoms with Crippen LogP contribution in [0.5, 0.6) is 0 Å². The normalized spacial score (nSPS) is 9.27. The van der Waals surface area contributed by atoms with Crippen molar-refractivity contribution in [2.45, 2.75) is 13.3 Å². The Hall–Kier alpha value is -0.440. The molecule has 0 aliphatic carbocycles. The summed E-state index contributed by atoms with van der Waals surface area (Å²) in [5.74, 6) is 0.364. The molecular formula is C8H15NOS. The van der Waals surface area contributed by atoms with Crippen LogP contribution in [0.1, 0.15) is 13.3 Å². The Morgan fingerprint density at radius 2 is 2.36 bits per heavy atom. The fourth-order valence-electron chi connectivity index (χ4n) is 0.844. The highest BCUT2D eigenvalue weighted by Gasteiger charge is 2.07. The molecule has 1 amide bonds. The average molecular weight is 173 g/mol. The van der Waals surface area contributed by atoms with E-state index in [0.29, 0.717) is 6.54 Å². The molecule has 64 valence electrons. The number of rotatable bonds is 5. The van der Waals surface area contributed by atoms with Crippen LogP contribution >= 0.6 is 12.6 Å². The van der Waals surface area contributed by atoms with Crippen molar-refractivity contribution in [2.75, 3.05) is 18.8 Å². The maximum atomic E-state index is 11.1. The third-order valence-electron chi connectivity index (χ3n) is 1.33. The summed E-state index contributed by atoms with van der Waals surface area (Å²) in [6, 6.07) is 0. The van der Waals surface area contributed by atoms with Gasteiger partial charge in [-0.15, -0.1) is 6.58 Å². The first-order valence-electron chi connectivity index (χ1n) is 3.75. The van der Waals surface area contributed by atoms with Crippen LogP contribution in [0.4, 0.5) is 0 Å². The molecule has 11 heavy (non-hydrogen) atoms. The van der Waals surface area contributed by atoms with Crippen LogP contribution in [0.25, 0.3) is 0 Å². The van der Waals surface area contributed by atoms with Crippen LogP contribution in [0, 0.1) is 0 Å². The van der Waals surface area contributed by atoms with E-state index in [1.54, 1.807) is 11.0 Å². The molecule has 0 radical (unpaired) electrons. The van der Waals surface area contributed by atoms with Gasteiger partial charge in [0.25, 0.3) is 0 Å². The zero-order chi connectivity index (χ0) is 8.69. The van der Waals surface area contributed by atoms with Crippen molar-refractivity contribution in [3.63, 3.8) is 0 Å². The molecule has 0 saturated heterocycles. The van der Waals surface area contributed by atoms with Crippen molar-refractivity contribution < 1.29 is 4.79 Å². The number of hydrogen-bond acceptors (Lipinski definition) is 2. The van der Waals surface area contributed by atoms with E-state index in [-0.39, 0.29) is 11.7 Å². The number of carbonyl (C=O) groups excluding carboxylic acids is 1. The summed E-state index contributed by atoms with van der Waals surface area (Å²) in [4.78, 5) is 12.8. The monoisotopic (exact) mass is 173 g/mol. The summed E-state index contributed by atoms with van der Waals surface area (Å²) in [7, 11) is 0. The lowest BCUT2D eigenvalue weighted by molar-refractivity contribution is -0.127. The Morgan fingerprint density at radius 1 is 1.73 bits per heavy atom. The van der Waals surface area contributed by atoms with Crippen LogP contribution in [0.15, 0.2) is 12.7 Å². The van der Waals surface area contributed by atoms with E-state index in [9.17, 15) is 4.79 Å². The van der Waals surface area contributed by atoms with Gasteiger partial charge in [-0.25, -0.2) is 0 Å². The molecule has 2 nitrogen and oxygen atoms in total. The van der Waals surface area contributed by atoms with E-state index in [0.717, 1.165) is 13.0 Å². The van der Waals surface area contributed by atoms with Gasteiger partial charge in [-0.3, -0.25) is 4.79 Å². The minimum atomic E-state index is 0.0788.